The van der Waals surface area contributed by atoms with Crippen LogP contribution in [-0.2, 0) is 6.54 Å². The van der Waals surface area contributed by atoms with E-state index in [2.05, 4.69) is 18.8 Å². The highest BCUT2D eigenvalue weighted by Gasteiger charge is 2.19. The Bertz CT molecular complexity index is 647. The molecule has 0 spiro atoms. The first-order valence-electron chi connectivity index (χ1n) is 6.61. The van der Waals surface area contributed by atoms with Gasteiger partial charge in [0.25, 0.3) is 0 Å². The zero-order valence-electron chi connectivity index (χ0n) is 11.5. The molecule has 2 N–H and O–H groups in total. The van der Waals surface area contributed by atoms with Gasteiger partial charge in [-0.1, -0.05) is 26.1 Å². The molecule has 0 bridgehead atoms. The molecular formula is C14H17F2N3S. The molecule has 2 rings (SSSR count). The van der Waals surface area contributed by atoms with Crippen LogP contribution >= 0.6 is 12.2 Å². The summed E-state index contributed by atoms with van der Waals surface area (Å²) in [4.78, 5) is 4.74. The molecule has 0 amide bonds. The summed E-state index contributed by atoms with van der Waals surface area (Å²) in [5, 5.41) is 0. The van der Waals surface area contributed by atoms with Gasteiger partial charge in [-0.25, -0.2) is 13.8 Å². The standard InChI is InChI=1S/C14H17F2N3S/c1-3-8(4-2)14-18-11-5-9(15)10(16)6-12(11)19(14)7-13(17)20/h5-6,8H,3-4,7H2,1-2H3,(H2,17,20). The zero-order valence-corrected chi connectivity index (χ0v) is 12.3. The lowest BCUT2D eigenvalue weighted by atomic mass is 10.0. The molecular weight excluding hydrogens is 280 g/mol. The molecule has 6 heteroatoms. The minimum absolute atomic E-state index is 0.211. The third kappa shape index (κ3) is 2.65. The van der Waals surface area contributed by atoms with Crippen molar-refractivity contribution in [3.63, 3.8) is 0 Å². The molecule has 1 aromatic heterocycles. The lowest BCUT2D eigenvalue weighted by Gasteiger charge is -2.15. The average molecular weight is 297 g/mol. The molecule has 0 unspecified atom stereocenters. The molecule has 108 valence electrons. The number of fused-ring (bicyclic) bond motifs is 1. The van der Waals surface area contributed by atoms with Crippen LogP contribution < -0.4 is 5.73 Å². The minimum Gasteiger partial charge on any atom is -0.392 e. The number of halogens is 2. The molecule has 0 aliphatic carbocycles. The Morgan fingerprint density at radius 1 is 1.30 bits per heavy atom. The Labute approximate surface area is 121 Å². The third-order valence-corrected chi connectivity index (χ3v) is 3.61. The maximum atomic E-state index is 13.5. The van der Waals surface area contributed by atoms with E-state index in [1.807, 2.05) is 0 Å². The van der Waals surface area contributed by atoms with Gasteiger partial charge >= 0.3 is 0 Å². The number of nitrogens with zero attached hydrogens (tertiary/aromatic N) is 2. The van der Waals surface area contributed by atoms with Crippen LogP contribution in [-0.4, -0.2) is 14.5 Å². The number of thiocarbonyl (C=S) groups is 1. The van der Waals surface area contributed by atoms with Crippen molar-refractivity contribution >= 4 is 28.2 Å². The predicted octanol–water partition coefficient (Wildman–Crippen LogP) is 3.50. The van der Waals surface area contributed by atoms with Gasteiger partial charge in [-0.15, -0.1) is 0 Å². The number of benzene rings is 1. The quantitative estimate of drug-likeness (QED) is 0.859. The van der Waals surface area contributed by atoms with Gasteiger partial charge in [-0.05, 0) is 12.8 Å². The van der Waals surface area contributed by atoms with Gasteiger partial charge in [0.05, 0.1) is 22.6 Å². The van der Waals surface area contributed by atoms with Crippen LogP contribution in [0, 0.1) is 11.6 Å². The smallest absolute Gasteiger partial charge is 0.161 e. The van der Waals surface area contributed by atoms with E-state index in [1.165, 1.54) is 0 Å². The van der Waals surface area contributed by atoms with Gasteiger partial charge in [-0.3, -0.25) is 0 Å². The Morgan fingerprint density at radius 2 is 1.90 bits per heavy atom. The molecule has 0 fully saturated rings. The van der Waals surface area contributed by atoms with E-state index in [9.17, 15) is 8.78 Å². The normalized spacial score (nSPS) is 11.4. The van der Waals surface area contributed by atoms with E-state index in [-0.39, 0.29) is 12.5 Å². The minimum atomic E-state index is -0.895. The highest BCUT2D eigenvalue weighted by molar-refractivity contribution is 7.80. The van der Waals surface area contributed by atoms with Crippen molar-refractivity contribution in [2.24, 2.45) is 5.73 Å². The maximum absolute atomic E-state index is 13.5. The summed E-state index contributed by atoms with van der Waals surface area (Å²) in [6, 6.07) is 2.27. The predicted molar refractivity (Wildman–Crippen MR) is 79.8 cm³/mol. The second-order valence-corrected chi connectivity index (χ2v) is 5.32. The summed E-state index contributed by atoms with van der Waals surface area (Å²) in [6.45, 7) is 4.39. The number of rotatable bonds is 5. The molecule has 0 atom stereocenters. The maximum Gasteiger partial charge on any atom is 0.161 e. The first-order chi connectivity index (χ1) is 9.47. The summed E-state index contributed by atoms with van der Waals surface area (Å²) in [6.07, 6.45) is 1.78. The van der Waals surface area contributed by atoms with Gasteiger partial charge in [0, 0.05) is 18.1 Å². The van der Waals surface area contributed by atoms with E-state index in [0.29, 0.717) is 16.0 Å². The van der Waals surface area contributed by atoms with Gasteiger partial charge in [0.15, 0.2) is 11.6 Å². The number of hydrogen-bond acceptors (Lipinski definition) is 2. The molecule has 3 nitrogen and oxygen atoms in total. The fourth-order valence-corrected chi connectivity index (χ4v) is 2.56. The second-order valence-electron chi connectivity index (χ2n) is 4.79. The summed E-state index contributed by atoms with van der Waals surface area (Å²) >= 11 is 4.95. The molecule has 1 aromatic carbocycles. The number of hydrogen-bond donors (Lipinski definition) is 1. The van der Waals surface area contributed by atoms with E-state index in [1.54, 1.807) is 4.57 Å². The van der Waals surface area contributed by atoms with Crippen LogP contribution in [0.5, 0.6) is 0 Å². The molecule has 0 aliphatic heterocycles. The van der Waals surface area contributed by atoms with Crippen molar-refractivity contribution in [1.82, 2.24) is 9.55 Å². The Balaban J connectivity index is 2.69. The third-order valence-electron chi connectivity index (χ3n) is 3.48. The van der Waals surface area contributed by atoms with Crippen molar-refractivity contribution in [2.75, 3.05) is 0 Å². The number of imidazole rings is 1. The first-order valence-corrected chi connectivity index (χ1v) is 7.02. The van der Waals surface area contributed by atoms with Gasteiger partial charge in [0.2, 0.25) is 0 Å². The van der Waals surface area contributed by atoms with Crippen LogP contribution in [0.15, 0.2) is 12.1 Å². The summed E-state index contributed by atoms with van der Waals surface area (Å²) in [7, 11) is 0. The van der Waals surface area contributed by atoms with E-state index in [0.717, 1.165) is 30.8 Å². The Kier molecular flexibility index (Phi) is 4.32. The zero-order chi connectivity index (χ0) is 14.9. The van der Waals surface area contributed by atoms with Crippen molar-refractivity contribution in [3.05, 3.63) is 29.6 Å². The molecule has 2 aromatic rings. The highest BCUT2D eigenvalue weighted by atomic mass is 32.1. The summed E-state index contributed by atoms with van der Waals surface area (Å²) < 4.78 is 28.6. The second kappa shape index (κ2) is 5.83. The monoisotopic (exact) mass is 297 g/mol. The fourth-order valence-electron chi connectivity index (χ4n) is 2.43. The van der Waals surface area contributed by atoms with E-state index in [4.69, 9.17) is 18.0 Å². The van der Waals surface area contributed by atoms with Gasteiger partial charge in [-0.2, -0.15) is 0 Å². The van der Waals surface area contributed by atoms with E-state index < -0.39 is 11.6 Å². The van der Waals surface area contributed by atoms with E-state index >= 15 is 0 Å². The molecule has 0 radical (unpaired) electrons. The van der Waals surface area contributed by atoms with Crippen LogP contribution in [0.3, 0.4) is 0 Å². The molecule has 20 heavy (non-hydrogen) atoms. The Morgan fingerprint density at radius 3 is 2.45 bits per heavy atom. The molecule has 0 saturated carbocycles. The largest absolute Gasteiger partial charge is 0.392 e. The fraction of sp³-hybridized carbons (Fsp3) is 0.429. The van der Waals surface area contributed by atoms with Crippen LogP contribution in [0.4, 0.5) is 8.78 Å². The first kappa shape index (κ1) is 14.8. The van der Waals surface area contributed by atoms with Crippen LogP contribution in [0.1, 0.15) is 38.4 Å². The molecule has 0 saturated heterocycles. The lowest BCUT2D eigenvalue weighted by Crippen LogP contribution is -2.19. The van der Waals surface area contributed by atoms with Crippen molar-refractivity contribution < 1.29 is 8.78 Å². The highest BCUT2D eigenvalue weighted by Crippen LogP contribution is 2.28. The van der Waals surface area contributed by atoms with Crippen molar-refractivity contribution in [3.8, 4) is 0 Å². The number of nitrogens with two attached hydrogens (primary N) is 1. The van der Waals surface area contributed by atoms with Gasteiger partial charge in [0.1, 0.15) is 5.82 Å². The van der Waals surface area contributed by atoms with Crippen LogP contribution in [0.25, 0.3) is 11.0 Å². The molecule has 0 aliphatic rings. The van der Waals surface area contributed by atoms with Crippen LogP contribution in [0.2, 0.25) is 0 Å². The summed E-state index contributed by atoms with van der Waals surface area (Å²) in [5.74, 6) is -0.795. The van der Waals surface area contributed by atoms with Crippen molar-refractivity contribution in [1.29, 1.82) is 0 Å². The van der Waals surface area contributed by atoms with Gasteiger partial charge < -0.3 is 10.3 Å². The molecule has 1 heterocycles. The summed E-state index contributed by atoms with van der Waals surface area (Å²) in [5.41, 5.74) is 6.57. The topological polar surface area (TPSA) is 43.8 Å². The Hall–Kier alpha value is -1.56. The SMILES string of the molecule is CCC(CC)c1nc2cc(F)c(F)cc2n1CC(N)=S. The number of aromatic nitrogens is 2. The average Bonchev–Trinajstić information content (AvgIpc) is 2.70. The lowest BCUT2D eigenvalue weighted by molar-refractivity contribution is 0.510. The van der Waals surface area contributed by atoms with Crippen molar-refractivity contribution in [2.45, 2.75) is 39.2 Å².